The standard InChI is InChI=1S/C25H25Cl2N/c1-3-17-7-9-18(10-8-17)11-19-5-4-6-20(12-19)23-15-28(2)16-24-22(23)13-21(26)14-25(24)27/h4-10,12-14,23H,3,11,15-16H2,1-2H3. The second kappa shape index (κ2) is 8.29. The highest BCUT2D eigenvalue weighted by Gasteiger charge is 2.27. The average molecular weight is 410 g/mol. The molecule has 144 valence electrons. The smallest absolute Gasteiger partial charge is 0.0468 e. The minimum Gasteiger partial charge on any atom is -0.301 e. The molecule has 0 aromatic heterocycles. The molecule has 4 rings (SSSR count). The third kappa shape index (κ3) is 4.12. The lowest BCUT2D eigenvalue weighted by Crippen LogP contribution is -2.31. The molecule has 0 radical (unpaired) electrons. The molecule has 1 heterocycles. The van der Waals surface area contributed by atoms with E-state index in [0.717, 1.165) is 31.0 Å². The largest absolute Gasteiger partial charge is 0.301 e. The third-order valence-electron chi connectivity index (χ3n) is 5.69. The van der Waals surface area contributed by atoms with Crippen molar-refractivity contribution in [2.45, 2.75) is 32.2 Å². The van der Waals surface area contributed by atoms with E-state index < -0.39 is 0 Å². The first-order valence-corrected chi connectivity index (χ1v) is 10.6. The molecule has 0 bridgehead atoms. The van der Waals surface area contributed by atoms with Gasteiger partial charge in [0.1, 0.15) is 0 Å². The van der Waals surface area contributed by atoms with E-state index in [1.54, 1.807) is 0 Å². The van der Waals surface area contributed by atoms with Crippen molar-refractivity contribution in [2.24, 2.45) is 0 Å². The topological polar surface area (TPSA) is 3.24 Å². The summed E-state index contributed by atoms with van der Waals surface area (Å²) in [7, 11) is 2.15. The molecule has 0 fully saturated rings. The van der Waals surface area contributed by atoms with E-state index in [1.165, 1.54) is 33.4 Å². The summed E-state index contributed by atoms with van der Waals surface area (Å²) in [6, 6.07) is 21.9. The Morgan fingerprint density at radius 2 is 1.68 bits per heavy atom. The van der Waals surface area contributed by atoms with Crippen molar-refractivity contribution in [1.82, 2.24) is 4.90 Å². The second-order valence-electron chi connectivity index (χ2n) is 7.80. The molecule has 1 nitrogen and oxygen atoms in total. The van der Waals surface area contributed by atoms with E-state index in [1.807, 2.05) is 6.07 Å². The predicted octanol–water partition coefficient (Wildman–Crippen LogP) is 6.72. The number of nitrogens with zero attached hydrogens (tertiary/aromatic N) is 1. The van der Waals surface area contributed by atoms with Crippen LogP contribution in [-0.4, -0.2) is 18.5 Å². The maximum absolute atomic E-state index is 6.52. The van der Waals surface area contributed by atoms with Crippen molar-refractivity contribution in [3.63, 3.8) is 0 Å². The van der Waals surface area contributed by atoms with Crippen LogP contribution in [-0.2, 0) is 19.4 Å². The van der Waals surface area contributed by atoms with Gasteiger partial charge in [-0.3, -0.25) is 0 Å². The maximum atomic E-state index is 6.52. The fourth-order valence-corrected chi connectivity index (χ4v) is 4.75. The van der Waals surface area contributed by atoms with Crippen molar-refractivity contribution in [1.29, 1.82) is 0 Å². The lowest BCUT2D eigenvalue weighted by atomic mass is 9.84. The van der Waals surface area contributed by atoms with Crippen molar-refractivity contribution >= 4 is 23.2 Å². The summed E-state index contributed by atoms with van der Waals surface area (Å²) in [5, 5.41) is 1.48. The van der Waals surface area contributed by atoms with Gasteiger partial charge in [-0.05, 0) is 65.4 Å². The van der Waals surface area contributed by atoms with Gasteiger partial charge in [-0.15, -0.1) is 0 Å². The number of halogens is 2. The summed E-state index contributed by atoms with van der Waals surface area (Å²) in [6.07, 6.45) is 2.03. The highest BCUT2D eigenvalue weighted by atomic mass is 35.5. The van der Waals surface area contributed by atoms with E-state index in [9.17, 15) is 0 Å². The van der Waals surface area contributed by atoms with Gasteiger partial charge < -0.3 is 4.90 Å². The molecular formula is C25H25Cl2N. The number of rotatable bonds is 4. The molecule has 1 aliphatic heterocycles. The molecule has 3 aromatic rings. The summed E-state index contributed by atoms with van der Waals surface area (Å²) in [5.41, 5.74) is 7.86. The first kappa shape index (κ1) is 19.5. The van der Waals surface area contributed by atoms with Gasteiger partial charge in [0, 0.05) is 29.1 Å². The Kier molecular flexibility index (Phi) is 5.78. The van der Waals surface area contributed by atoms with Crippen LogP contribution in [0.4, 0.5) is 0 Å². The Morgan fingerprint density at radius 1 is 0.929 bits per heavy atom. The Bertz CT molecular complexity index is 978. The van der Waals surface area contributed by atoms with Crippen LogP contribution >= 0.6 is 23.2 Å². The lowest BCUT2D eigenvalue weighted by Gasteiger charge is -2.33. The summed E-state index contributed by atoms with van der Waals surface area (Å²) in [5.74, 6) is 0.285. The molecule has 0 saturated carbocycles. The van der Waals surface area contributed by atoms with Crippen molar-refractivity contribution in [3.8, 4) is 0 Å². The Hall–Kier alpha value is -1.80. The van der Waals surface area contributed by atoms with E-state index in [-0.39, 0.29) is 5.92 Å². The highest BCUT2D eigenvalue weighted by Crippen LogP contribution is 2.38. The van der Waals surface area contributed by atoms with Crippen molar-refractivity contribution < 1.29 is 0 Å². The molecule has 3 heteroatoms. The molecule has 28 heavy (non-hydrogen) atoms. The predicted molar refractivity (Wildman–Crippen MR) is 120 cm³/mol. The minimum absolute atomic E-state index is 0.285. The summed E-state index contributed by atoms with van der Waals surface area (Å²) in [4.78, 5) is 2.34. The molecule has 0 aliphatic carbocycles. The first-order chi connectivity index (χ1) is 13.5. The van der Waals surface area contributed by atoms with Crippen LogP contribution in [0.3, 0.4) is 0 Å². The third-order valence-corrected chi connectivity index (χ3v) is 6.24. The van der Waals surface area contributed by atoms with Gasteiger partial charge in [0.05, 0.1) is 0 Å². The van der Waals surface area contributed by atoms with Gasteiger partial charge in [0.2, 0.25) is 0 Å². The van der Waals surface area contributed by atoms with Gasteiger partial charge in [-0.2, -0.15) is 0 Å². The number of aryl methyl sites for hydroxylation is 1. The number of likely N-dealkylation sites (N-methyl/N-ethyl adjacent to an activating group) is 1. The molecular weight excluding hydrogens is 385 g/mol. The monoisotopic (exact) mass is 409 g/mol. The molecule has 0 N–H and O–H groups in total. The number of hydrogen-bond donors (Lipinski definition) is 0. The van der Waals surface area contributed by atoms with E-state index in [0.29, 0.717) is 5.02 Å². The Labute approximate surface area is 177 Å². The second-order valence-corrected chi connectivity index (χ2v) is 8.64. The van der Waals surface area contributed by atoms with Crippen LogP contribution in [0.15, 0.2) is 60.7 Å². The van der Waals surface area contributed by atoms with Crippen LogP contribution in [0.25, 0.3) is 0 Å². The van der Waals surface area contributed by atoms with Gasteiger partial charge in [0.25, 0.3) is 0 Å². The van der Waals surface area contributed by atoms with Crippen molar-refractivity contribution in [3.05, 3.63) is 104 Å². The van der Waals surface area contributed by atoms with E-state index >= 15 is 0 Å². The van der Waals surface area contributed by atoms with Crippen LogP contribution < -0.4 is 0 Å². The normalized spacial score (nSPS) is 16.8. The molecule has 0 spiro atoms. The Balaban J connectivity index is 1.66. The van der Waals surface area contributed by atoms with Gasteiger partial charge in [-0.25, -0.2) is 0 Å². The van der Waals surface area contributed by atoms with Gasteiger partial charge in [0.15, 0.2) is 0 Å². The van der Waals surface area contributed by atoms with E-state index in [2.05, 4.69) is 73.5 Å². The Morgan fingerprint density at radius 3 is 2.43 bits per heavy atom. The fourth-order valence-electron chi connectivity index (χ4n) is 4.18. The summed E-state index contributed by atoms with van der Waals surface area (Å²) >= 11 is 12.9. The molecule has 1 atom stereocenters. The van der Waals surface area contributed by atoms with Crippen molar-refractivity contribution in [2.75, 3.05) is 13.6 Å². The molecule has 1 unspecified atom stereocenters. The zero-order chi connectivity index (χ0) is 19.7. The minimum atomic E-state index is 0.285. The zero-order valence-corrected chi connectivity index (χ0v) is 17.9. The quantitative estimate of drug-likeness (QED) is 0.461. The summed E-state index contributed by atoms with van der Waals surface area (Å²) in [6.45, 7) is 4.03. The SMILES string of the molecule is CCc1ccc(Cc2cccc(C3CN(C)Cc4c(Cl)cc(Cl)cc43)c2)cc1. The number of fused-ring (bicyclic) bond motifs is 1. The van der Waals surface area contributed by atoms with Crippen LogP contribution in [0.5, 0.6) is 0 Å². The van der Waals surface area contributed by atoms with Gasteiger partial charge >= 0.3 is 0 Å². The van der Waals surface area contributed by atoms with E-state index in [4.69, 9.17) is 23.2 Å². The molecule has 0 saturated heterocycles. The lowest BCUT2D eigenvalue weighted by molar-refractivity contribution is 0.295. The van der Waals surface area contributed by atoms with Crippen LogP contribution in [0.2, 0.25) is 10.0 Å². The number of benzene rings is 3. The fraction of sp³-hybridized carbons (Fsp3) is 0.280. The number of hydrogen-bond acceptors (Lipinski definition) is 1. The van der Waals surface area contributed by atoms with Crippen LogP contribution in [0.1, 0.15) is 46.2 Å². The molecule has 3 aromatic carbocycles. The highest BCUT2D eigenvalue weighted by molar-refractivity contribution is 6.35. The summed E-state index contributed by atoms with van der Waals surface area (Å²) < 4.78 is 0. The van der Waals surface area contributed by atoms with Crippen LogP contribution in [0, 0.1) is 0 Å². The maximum Gasteiger partial charge on any atom is 0.0468 e. The average Bonchev–Trinajstić information content (AvgIpc) is 2.69. The van der Waals surface area contributed by atoms with Gasteiger partial charge in [-0.1, -0.05) is 78.7 Å². The molecule has 1 aliphatic rings. The zero-order valence-electron chi connectivity index (χ0n) is 16.4. The first-order valence-electron chi connectivity index (χ1n) is 9.86. The molecule has 0 amide bonds.